The molecule has 0 aliphatic carbocycles. The number of para-hydroxylation sites is 1. The van der Waals surface area contributed by atoms with Crippen molar-refractivity contribution in [3.63, 3.8) is 0 Å². The van der Waals surface area contributed by atoms with E-state index in [2.05, 4.69) is 18.3 Å². The summed E-state index contributed by atoms with van der Waals surface area (Å²) in [5.41, 5.74) is 1.22. The quantitative estimate of drug-likeness (QED) is 0.632. The maximum atomic E-state index is 8.57. The Morgan fingerprint density at radius 2 is 2.05 bits per heavy atom. The smallest absolute Gasteiger partial charge is 0.122 e. The van der Waals surface area contributed by atoms with E-state index in [0.717, 1.165) is 25.1 Å². The van der Waals surface area contributed by atoms with Crippen molar-refractivity contribution in [1.82, 2.24) is 5.32 Å². The fourth-order valence-electron chi connectivity index (χ4n) is 1.96. The molecular weight excluding hydrogens is 242 g/mol. The number of aliphatic hydroxyl groups excluding tert-OH is 1. The third kappa shape index (κ3) is 6.57. The zero-order valence-electron chi connectivity index (χ0n) is 11.9. The number of hydrogen-bond donors (Lipinski definition) is 2. The molecular formula is C15H25NO3. The molecule has 0 aliphatic heterocycles. The molecule has 0 fully saturated rings. The molecule has 4 heteroatoms. The molecule has 108 valence electrons. The van der Waals surface area contributed by atoms with Gasteiger partial charge in [-0.2, -0.15) is 0 Å². The Morgan fingerprint density at radius 3 is 2.79 bits per heavy atom. The van der Waals surface area contributed by atoms with Gasteiger partial charge in [0, 0.05) is 12.6 Å². The molecule has 1 aromatic carbocycles. The summed E-state index contributed by atoms with van der Waals surface area (Å²) in [6, 6.07) is 8.51. The van der Waals surface area contributed by atoms with Crippen molar-refractivity contribution >= 4 is 0 Å². The van der Waals surface area contributed by atoms with Crippen molar-refractivity contribution in [3.05, 3.63) is 29.8 Å². The van der Waals surface area contributed by atoms with E-state index in [4.69, 9.17) is 14.6 Å². The van der Waals surface area contributed by atoms with E-state index in [-0.39, 0.29) is 6.61 Å². The van der Waals surface area contributed by atoms with Gasteiger partial charge in [-0.25, -0.2) is 0 Å². The van der Waals surface area contributed by atoms with E-state index in [1.54, 1.807) is 7.11 Å². The van der Waals surface area contributed by atoms with Gasteiger partial charge in [0.2, 0.25) is 0 Å². The minimum absolute atomic E-state index is 0.0949. The Balaban J connectivity index is 2.21. The second kappa shape index (κ2) is 9.78. The van der Waals surface area contributed by atoms with Crippen molar-refractivity contribution < 1.29 is 14.6 Å². The van der Waals surface area contributed by atoms with Crippen molar-refractivity contribution in [2.45, 2.75) is 25.8 Å². The Hall–Kier alpha value is -1.10. The molecule has 1 unspecified atom stereocenters. The van der Waals surface area contributed by atoms with Crippen LogP contribution in [0.4, 0.5) is 0 Å². The maximum Gasteiger partial charge on any atom is 0.122 e. The molecule has 0 bridgehead atoms. The summed E-state index contributed by atoms with van der Waals surface area (Å²) in [6.45, 7) is 4.30. The van der Waals surface area contributed by atoms with Gasteiger partial charge in [-0.15, -0.1) is 0 Å². The molecule has 0 heterocycles. The van der Waals surface area contributed by atoms with Gasteiger partial charge < -0.3 is 19.9 Å². The van der Waals surface area contributed by atoms with Crippen LogP contribution in [-0.2, 0) is 11.2 Å². The minimum Gasteiger partial charge on any atom is -0.496 e. The van der Waals surface area contributed by atoms with Gasteiger partial charge in [-0.1, -0.05) is 18.2 Å². The summed E-state index contributed by atoms with van der Waals surface area (Å²) in [7, 11) is 1.70. The van der Waals surface area contributed by atoms with Crippen molar-refractivity contribution in [2.75, 3.05) is 33.5 Å². The number of aliphatic hydroxyl groups is 1. The van der Waals surface area contributed by atoms with Crippen LogP contribution in [0.1, 0.15) is 18.9 Å². The highest BCUT2D eigenvalue weighted by Crippen LogP contribution is 2.18. The molecule has 0 radical (unpaired) electrons. The topological polar surface area (TPSA) is 50.7 Å². The largest absolute Gasteiger partial charge is 0.496 e. The lowest BCUT2D eigenvalue weighted by Gasteiger charge is -2.15. The summed E-state index contributed by atoms with van der Waals surface area (Å²) >= 11 is 0. The number of hydrogen-bond acceptors (Lipinski definition) is 4. The lowest BCUT2D eigenvalue weighted by atomic mass is 10.1. The number of nitrogens with one attached hydrogen (secondary N) is 1. The summed E-state index contributed by atoms with van der Waals surface area (Å²) < 4.78 is 10.6. The predicted molar refractivity (Wildman–Crippen MR) is 76.7 cm³/mol. The van der Waals surface area contributed by atoms with Crippen LogP contribution in [0.2, 0.25) is 0 Å². The molecule has 19 heavy (non-hydrogen) atoms. The van der Waals surface area contributed by atoms with Gasteiger partial charge in [0.25, 0.3) is 0 Å². The first-order chi connectivity index (χ1) is 9.27. The fraction of sp³-hybridized carbons (Fsp3) is 0.600. The Morgan fingerprint density at radius 1 is 1.26 bits per heavy atom. The molecule has 0 spiro atoms. The van der Waals surface area contributed by atoms with Crippen LogP contribution in [0.5, 0.6) is 5.75 Å². The standard InChI is InChI=1S/C15H25NO3/c1-13(16-8-5-10-19-11-9-17)12-14-6-3-4-7-15(14)18-2/h3-4,6-7,13,16-17H,5,8-12H2,1-2H3. The first-order valence-electron chi connectivity index (χ1n) is 6.81. The average molecular weight is 267 g/mol. The summed E-state index contributed by atoms with van der Waals surface area (Å²) in [5.74, 6) is 0.947. The SMILES string of the molecule is COc1ccccc1CC(C)NCCCOCCO. The Kier molecular flexibility index (Phi) is 8.21. The van der Waals surface area contributed by atoms with E-state index in [1.807, 2.05) is 18.2 Å². The first kappa shape index (κ1) is 16.0. The molecule has 4 nitrogen and oxygen atoms in total. The van der Waals surface area contributed by atoms with Crippen molar-refractivity contribution in [1.29, 1.82) is 0 Å². The van der Waals surface area contributed by atoms with Crippen LogP contribution >= 0.6 is 0 Å². The molecule has 0 amide bonds. The van der Waals surface area contributed by atoms with Gasteiger partial charge in [-0.3, -0.25) is 0 Å². The van der Waals surface area contributed by atoms with Gasteiger partial charge in [0.15, 0.2) is 0 Å². The van der Waals surface area contributed by atoms with Crippen LogP contribution in [0.25, 0.3) is 0 Å². The van der Waals surface area contributed by atoms with E-state index < -0.39 is 0 Å². The highest BCUT2D eigenvalue weighted by molar-refractivity contribution is 5.33. The molecule has 0 saturated carbocycles. The molecule has 0 aliphatic rings. The van der Waals surface area contributed by atoms with Gasteiger partial charge >= 0.3 is 0 Å². The normalized spacial score (nSPS) is 12.4. The second-order valence-electron chi connectivity index (χ2n) is 4.56. The van der Waals surface area contributed by atoms with Crippen LogP contribution < -0.4 is 10.1 Å². The monoisotopic (exact) mass is 267 g/mol. The third-order valence-corrected chi connectivity index (χ3v) is 2.91. The van der Waals surface area contributed by atoms with E-state index >= 15 is 0 Å². The van der Waals surface area contributed by atoms with Gasteiger partial charge in [0.1, 0.15) is 5.75 Å². The number of methoxy groups -OCH3 is 1. The maximum absolute atomic E-state index is 8.57. The lowest BCUT2D eigenvalue weighted by molar-refractivity contribution is 0.0904. The molecule has 0 aromatic heterocycles. The van der Waals surface area contributed by atoms with E-state index in [0.29, 0.717) is 19.3 Å². The van der Waals surface area contributed by atoms with E-state index in [1.165, 1.54) is 5.56 Å². The number of ether oxygens (including phenoxy) is 2. The summed E-state index contributed by atoms with van der Waals surface area (Å²) in [5, 5.41) is 12.0. The summed E-state index contributed by atoms with van der Waals surface area (Å²) in [6.07, 6.45) is 1.90. The molecule has 1 rings (SSSR count). The lowest BCUT2D eigenvalue weighted by Crippen LogP contribution is -2.29. The van der Waals surface area contributed by atoms with Gasteiger partial charge in [0.05, 0.1) is 20.3 Å². The average Bonchev–Trinajstić information content (AvgIpc) is 2.43. The van der Waals surface area contributed by atoms with Gasteiger partial charge in [-0.05, 0) is 37.9 Å². The zero-order valence-corrected chi connectivity index (χ0v) is 11.9. The highest BCUT2D eigenvalue weighted by Gasteiger charge is 2.06. The number of benzene rings is 1. The van der Waals surface area contributed by atoms with Crippen molar-refractivity contribution in [2.24, 2.45) is 0 Å². The van der Waals surface area contributed by atoms with Crippen LogP contribution in [-0.4, -0.2) is 44.6 Å². The Bertz CT molecular complexity index is 344. The van der Waals surface area contributed by atoms with Crippen LogP contribution in [0.3, 0.4) is 0 Å². The third-order valence-electron chi connectivity index (χ3n) is 2.91. The minimum atomic E-state index is 0.0949. The van der Waals surface area contributed by atoms with Crippen LogP contribution in [0, 0.1) is 0 Å². The molecule has 1 atom stereocenters. The first-order valence-corrected chi connectivity index (χ1v) is 6.81. The highest BCUT2D eigenvalue weighted by atomic mass is 16.5. The molecule has 1 aromatic rings. The van der Waals surface area contributed by atoms with Crippen molar-refractivity contribution in [3.8, 4) is 5.75 Å². The predicted octanol–water partition coefficient (Wildman–Crippen LogP) is 1.61. The second-order valence-corrected chi connectivity index (χ2v) is 4.56. The molecule has 0 saturated heterocycles. The molecule has 2 N–H and O–H groups in total. The fourth-order valence-corrected chi connectivity index (χ4v) is 1.96. The summed E-state index contributed by atoms with van der Waals surface area (Å²) in [4.78, 5) is 0. The van der Waals surface area contributed by atoms with Crippen LogP contribution in [0.15, 0.2) is 24.3 Å². The Labute approximate surface area is 115 Å². The zero-order chi connectivity index (χ0) is 13.9. The van der Waals surface area contributed by atoms with E-state index in [9.17, 15) is 0 Å². The number of rotatable bonds is 10.